The predicted octanol–water partition coefficient (Wildman–Crippen LogP) is 3.12. The second kappa shape index (κ2) is 4.50. The van der Waals surface area contributed by atoms with Gasteiger partial charge < -0.3 is 0 Å². The van der Waals surface area contributed by atoms with E-state index in [4.69, 9.17) is 0 Å². The van der Waals surface area contributed by atoms with Crippen LogP contribution in [0, 0.1) is 10.1 Å². The van der Waals surface area contributed by atoms with Crippen LogP contribution in [0.4, 0.5) is 5.00 Å². The standard InChI is InChI=1S/C14H7NO4S/c16-13-9-3-1-2-4-10(9)14(17)11(13)7-8-5-6-12(20-8)15(18)19/h1-7H. The van der Waals surface area contributed by atoms with Crippen molar-refractivity contribution < 1.29 is 14.5 Å². The Morgan fingerprint density at radius 1 is 1.00 bits per heavy atom. The summed E-state index contributed by atoms with van der Waals surface area (Å²) in [5.74, 6) is -0.664. The number of carbonyl (C=O) groups excluding carboxylic acids is 2. The van der Waals surface area contributed by atoms with E-state index >= 15 is 0 Å². The molecule has 1 aliphatic rings. The summed E-state index contributed by atoms with van der Waals surface area (Å²) in [6.45, 7) is 0. The number of allylic oxidation sites excluding steroid dienone is 1. The summed E-state index contributed by atoms with van der Waals surface area (Å²) in [6.07, 6.45) is 1.42. The molecule has 0 radical (unpaired) electrons. The molecule has 98 valence electrons. The van der Waals surface area contributed by atoms with Crippen molar-refractivity contribution in [1.82, 2.24) is 0 Å². The molecule has 6 heteroatoms. The number of hydrogen-bond donors (Lipinski definition) is 0. The molecule has 0 amide bonds. The lowest BCUT2D eigenvalue weighted by Gasteiger charge is -1.91. The van der Waals surface area contributed by atoms with E-state index in [1.807, 2.05) is 0 Å². The number of nitrogens with zero attached hydrogens (tertiary/aromatic N) is 1. The lowest BCUT2D eigenvalue weighted by Crippen LogP contribution is -1.99. The SMILES string of the molecule is O=C1C(=Cc2ccc([N+](=O)[O-])s2)C(=O)c2ccccc21. The number of carbonyl (C=O) groups is 2. The second-order valence-corrected chi connectivity index (χ2v) is 5.29. The zero-order valence-corrected chi connectivity index (χ0v) is 10.8. The van der Waals surface area contributed by atoms with Crippen LogP contribution in [-0.2, 0) is 0 Å². The molecule has 1 aromatic carbocycles. The first-order chi connectivity index (χ1) is 9.58. The Morgan fingerprint density at radius 3 is 2.10 bits per heavy atom. The minimum atomic E-state index is -0.500. The Balaban J connectivity index is 2.03. The van der Waals surface area contributed by atoms with Gasteiger partial charge in [-0.15, -0.1) is 0 Å². The smallest absolute Gasteiger partial charge is 0.288 e. The van der Waals surface area contributed by atoms with Crippen LogP contribution in [-0.4, -0.2) is 16.5 Å². The number of rotatable bonds is 2. The maximum Gasteiger partial charge on any atom is 0.324 e. The summed E-state index contributed by atoms with van der Waals surface area (Å²) in [5.41, 5.74) is 0.826. The number of nitro groups is 1. The van der Waals surface area contributed by atoms with Gasteiger partial charge in [-0.2, -0.15) is 0 Å². The number of ketones is 2. The quantitative estimate of drug-likeness (QED) is 0.367. The molecule has 0 atom stereocenters. The van der Waals surface area contributed by atoms with Gasteiger partial charge in [-0.05, 0) is 12.1 Å². The molecule has 1 heterocycles. The summed E-state index contributed by atoms with van der Waals surface area (Å²) in [4.78, 5) is 34.9. The van der Waals surface area contributed by atoms with Gasteiger partial charge in [0.1, 0.15) is 0 Å². The third kappa shape index (κ3) is 1.86. The van der Waals surface area contributed by atoms with Crippen molar-refractivity contribution >= 4 is 34.0 Å². The number of hydrogen-bond acceptors (Lipinski definition) is 5. The molecule has 1 aromatic heterocycles. The monoisotopic (exact) mass is 285 g/mol. The summed E-state index contributed by atoms with van der Waals surface area (Å²) in [5, 5.41) is 10.6. The molecule has 0 saturated carbocycles. The third-order valence-corrected chi connectivity index (χ3v) is 3.97. The Bertz CT molecular complexity index is 751. The van der Waals surface area contributed by atoms with Gasteiger partial charge in [0.05, 0.1) is 10.5 Å². The highest BCUT2D eigenvalue weighted by Crippen LogP contribution is 2.31. The molecule has 0 aliphatic heterocycles. The first-order valence-electron chi connectivity index (χ1n) is 5.72. The molecule has 1 aliphatic carbocycles. The maximum atomic E-state index is 12.1. The Hall–Kier alpha value is -2.60. The van der Waals surface area contributed by atoms with Gasteiger partial charge in [-0.3, -0.25) is 19.7 Å². The summed E-state index contributed by atoms with van der Waals surface area (Å²) in [7, 11) is 0. The van der Waals surface area contributed by atoms with Gasteiger partial charge >= 0.3 is 5.00 Å². The first kappa shape index (κ1) is 12.4. The predicted molar refractivity (Wildman–Crippen MR) is 74.1 cm³/mol. The molecule has 0 fully saturated rings. The van der Waals surface area contributed by atoms with Crippen LogP contribution in [0.3, 0.4) is 0 Å². The fraction of sp³-hybridized carbons (Fsp3) is 0. The van der Waals surface area contributed by atoms with E-state index in [-0.39, 0.29) is 22.1 Å². The van der Waals surface area contributed by atoms with Crippen molar-refractivity contribution in [1.29, 1.82) is 0 Å². The highest BCUT2D eigenvalue weighted by Gasteiger charge is 2.32. The zero-order chi connectivity index (χ0) is 14.3. The van der Waals surface area contributed by atoms with Crippen LogP contribution in [0.25, 0.3) is 6.08 Å². The highest BCUT2D eigenvalue weighted by atomic mass is 32.1. The first-order valence-corrected chi connectivity index (χ1v) is 6.54. The fourth-order valence-corrected chi connectivity index (χ4v) is 2.83. The molecule has 20 heavy (non-hydrogen) atoms. The van der Waals surface area contributed by atoms with Gasteiger partial charge in [-0.25, -0.2) is 0 Å². The molecular formula is C14H7NO4S. The number of Topliss-reactive ketones (excluding diaryl/α,β-unsaturated/α-hetero) is 2. The average molecular weight is 285 g/mol. The summed E-state index contributed by atoms with van der Waals surface area (Å²) in [6, 6.07) is 9.49. The minimum Gasteiger partial charge on any atom is -0.288 e. The lowest BCUT2D eigenvalue weighted by atomic mass is 10.1. The Labute approximate surface area is 117 Å². The Morgan fingerprint density at radius 2 is 1.60 bits per heavy atom. The molecular weight excluding hydrogens is 278 g/mol. The van der Waals surface area contributed by atoms with Crippen LogP contribution in [0.5, 0.6) is 0 Å². The van der Waals surface area contributed by atoms with Crippen molar-refractivity contribution in [2.24, 2.45) is 0 Å². The van der Waals surface area contributed by atoms with E-state index < -0.39 is 4.92 Å². The summed E-state index contributed by atoms with van der Waals surface area (Å²) < 4.78 is 0. The van der Waals surface area contributed by atoms with Crippen LogP contribution in [0.15, 0.2) is 42.0 Å². The van der Waals surface area contributed by atoms with Gasteiger partial charge in [0.25, 0.3) is 0 Å². The summed E-state index contributed by atoms with van der Waals surface area (Å²) >= 11 is 0.931. The van der Waals surface area contributed by atoms with E-state index in [2.05, 4.69) is 0 Å². The van der Waals surface area contributed by atoms with E-state index in [1.54, 1.807) is 24.3 Å². The van der Waals surface area contributed by atoms with E-state index in [0.29, 0.717) is 16.0 Å². The van der Waals surface area contributed by atoms with Crippen LogP contribution >= 0.6 is 11.3 Å². The zero-order valence-electron chi connectivity index (χ0n) is 10.0. The molecule has 3 rings (SSSR count). The highest BCUT2D eigenvalue weighted by molar-refractivity contribution is 7.16. The van der Waals surface area contributed by atoms with Gasteiger partial charge in [0, 0.05) is 22.1 Å². The van der Waals surface area contributed by atoms with Gasteiger partial charge in [-0.1, -0.05) is 35.6 Å². The Kier molecular flexibility index (Phi) is 2.80. The molecule has 0 spiro atoms. The third-order valence-electron chi connectivity index (χ3n) is 2.98. The number of fused-ring (bicyclic) bond motifs is 1. The largest absolute Gasteiger partial charge is 0.324 e. The maximum absolute atomic E-state index is 12.1. The van der Waals surface area contributed by atoms with Crippen molar-refractivity contribution in [2.45, 2.75) is 0 Å². The average Bonchev–Trinajstić information content (AvgIpc) is 3.00. The van der Waals surface area contributed by atoms with Crippen molar-refractivity contribution in [2.75, 3.05) is 0 Å². The minimum absolute atomic E-state index is 0.0211. The van der Waals surface area contributed by atoms with Gasteiger partial charge in [0.15, 0.2) is 11.6 Å². The second-order valence-electron chi connectivity index (χ2n) is 4.19. The van der Waals surface area contributed by atoms with Crippen LogP contribution < -0.4 is 0 Å². The number of benzene rings is 1. The van der Waals surface area contributed by atoms with Crippen molar-refractivity contribution in [3.05, 3.63) is 68.1 Å². The van der Waals surface area contributed by atoms with Crippen LogP contribution in [0.1, 0.15) is 25.6 Å². The molecule has 0 saturated heterocycles. The van der Waals surface area contributed by atoms with Crippen LogP contribution in [0.2, 0.25) is 0 Å². The lowest BCUT2D eigenvalue weighted by molar-refractivity contribution is -0.380. The van der Waals surface area contributed by atoms with Crippen molar-refractivity contribution in [3.8, 4) is 0 Å². The normalized spacial score (nSPS) is 13.5. The number of thiophene rings is 1. The van der Waals surface area contributed by atoms with E-state index in [0.717, 1.165) is 11.3 Å². The van der Waals surface area contributed by atoms with E-state index in [9.17, 15) is 19.7 Å². The molecule has 5 nitrogen and oxygen atoms in total. The molecule has 0 N–H and O–H groups in total. The molecule has 2 aromatic rings. The van der Waals surface area contributed by atoms with E-state index in [1.165, 1.54) is 18.2 Å². The topological polar surface area (TPSA) is 77.3 Å². The van der Waals surface area contributed by atoms with Gasteiger partial charge in [0.2, 0.25) is 0 Å². The van der Waals surface area contributed by atoms with Crippen molar-refractivity contribution in [3.63, 3.8) is 0 Å². The molecule has 0 bridgehead atoms. The fourth-order valence-electron chi connectivity index (χ4n) is 2.06. The molecule has 0 unspecified atom stereocenters.